The Morgan fingerprint density at radius 1 is 1.56 bits per heavy atom. The Bertz CT molecular complexity index is 431. The molecule has 1 atom stereocenters. The predicted octanol–water partition coefficient (Wildman–Crippen LogP) is 2.67. The molecular weight excluding hydrogens is 270 g/mol. The van der Waals surface area contributed by atoms with E-state index < -0.39 is 12.0 Å². The van der Waals surface area contributed by atoms with Crippen LogP contribution in [0.5, 0.6) is 0 Å². The number of halogens is 1. The minimum atomic E-state index is -0.749. The third-order valence-corrected chi connectivity index (χ3v) is 3.40. The molecule has 1 aromatic rings. The maximum Gasteiger partial charge on any atom is 0.326 e. The summed E-state index contributed by atoms with van der Waals surface area (Å²) < 4.78 is 1.00. The first-order valence-electron chi connectivity index (χ1n) is 5.30. The summed E-state index contributed by atoms with van der Waals surface area (Å²) in [7, 11) is 0. The Balaban J connectivity index is 2.45. The fourth-order valence-electron chi connectivity index (χ4n) is 2.29. The van der Waals surface area contributed by atoms with E-state index in [2.05, 4.69) is 15.9 Å². The van der Waals surface area contributed by atoms with E-state index in [1.54, 1.807) is 0 Å². The van der Waals surface area contributed by atoms with Gasteiger partial charge in [-0.25, -0.2) is 4.79 Å². The molecule has 1 heterocycles. The third-order valence-electron chi connectivity index (χ3n) is 2.91. The molecular formula is C12H14BrNO2. The summed E-state index contributed by atoms with van der Waals surface area (Å²) in [5.74, 6) is -0.749. The Hall–Kier alpha value is -1.03. The van der Waals surface area contributed by atoms with Crippen LogP contribution in [0.4, 0.5) is 5.69 Å². The first kappa shape index (κ1) is 11.5. The molecule has 0 bridgehead atoms. The summed E-state index contributed by atoms with van der Waals surface area (Å²) in [5, 5.41) is 9.22. The molecule has 1 aliphatic heterocycles. The molecule has 1 unspecified atom stereocenters. The zero-order valence-electron chi connectivity index (χ0n) is 9.27. The number of carboxylic acid groups (broad SMARTS) is 1. The first-order chi connectivity index (χ1) is 7.50. The molecule has 0 aromatic heterocycles. The predicted molar refractivity (Wildman–Crippen MR) is 66.9 cm³/mol. The average Bonchev–Trinajstić information content (AvgIpc) is 2.55. The lowest BCUT2D eigenvalue weighted by molar-refractivity contribution is -0.138. The zero-order chi connectivity index (χ0) is 11.9. The summed E-state index contributed by atoms with van der Waals surface area (Å²) in [5.41, 5.74) is 2.15. The summed E-state index contributed by atoms with van der Waals surface area (Å²) in [6, 6.07) is 5.72. The lowest BCUT2D eigenvalue weighted by Crippen LogP contribution is -2.42. The van der Waals surface area contributed by atoms with Gasteiger partial charge in [0, 0.05) is 22.6 Å². The van der Waals surface area contributed by atoms with Gasteiger partial charge in [0.15, 0.2) is 0 Å². The Labute approximate surface area is 103 Å². The maximum atomic E-state index is 11.2. The number of carbonyl (C=O) groups is 1. The number of fused-ring (bicyclic) bond motifs is 1. The van der Waals surface area contributed by atoms with E-state index in [1.807, 2.05) is 36.9 Å². The molecule has 4 heteroatoms. The number of hydrogen-bond donors (Lipinski definition) is 1. The van der Waals surface area contributed by atoms with Crippen LogP contribution in [-0.4, -0.2) is 23.2 Å². The Kier molecular flexibility index (Phi) is 2.93. The van der Waals surface area contributed by atoms with Crippen molar-refractivity contribution in [3.8, 4) is 0 Å². The number of benzene rings is 1. The molecule has 0 amide bonds. The highest BCUT2D eigenvalue weighted by atomic mass is 79.9. The van der Waals surface area contributed by atoms with Crippen molar-refractivity contribution in [2.75, 3.05) is 4.90 Å². The van der Waals surface area contributed by atoms with Crippen molar-refractivity contribution in [2.45, 2.75) is 32.4 Å². The second kappa shape index (κ2) is 4.09. The third kappa shape index (κ3) is 1.82. The van der Waals surface area contributed by atoms with Crippen molar-refractivity contribution >= 4 is 27.6 Å². The number of nitrogens with zero attached hydrogens (tertiary/aromatic N) is 1. The van der Waals surface area contributed by atoms with Crippen molar-refractivity contribution in [1.29, 1.82) is 0 Å². The van der Waals surface area contributed by atoms with E-state index in [0.29, 0.717) is 6.42 Å². The largest absolute Gasteiger partial charge is 0.480 e. The molecule has 3 nitrogen and oxygen atoms in total. The zero-order valence-corrected chi connectivity index (χ0v) is 10.9. The Morgan fingerprint density at radius 3 is 2.81 bits per heavy atom. The van der Waals surface area contributed by atoms with Crippen LogP contribution >= 0.6 is 15.9 Å². The lowest BCUT2D eigenvalue weighted by Gasteiger charge is -2.28. The summed E-state index contributed by atoms with van der Waals surface area (Å²) in [6.45, 7) is 4.04. The monoisotopic (exact) mass is 283 g/mol. The van der Waals surface area contributed by atoms with Crippen LogP contribution in [0.1, 0.15) is 19.4 Å². The molecule has 0 saturated heterocycles. The molecule has 1 aliphatic rings. The summed E-state index contributed by atoms with van der Waals surface area (Å²) in [6.07, 6.45) is 0.586. The highest BCUT2D eigenvalue weighted by Crippen LogP contribution is 2.35. The van der Waals surface area contributed by atoms with E-state index in [1.165, 1.54) is 0 Å². The van der Waals surface area contributed by atoms with Crippen LogP contribution in [0.15, 0.2) is 22.7 Å². The van der Waals surface area contributed by atoms with Gasteiger partial charge in [0.25, 0.3) is 0 Å². The van der Waals surface area contributed by atoms with Gasteiger partial charge in [0.2, 0.25) is 0 Å². The van der Waals surface area contributed by atoms with Crippen LogP contribution in [0, 0.1) is 0 Å². The molecule has 0 saturated carbocycles. The van der Waals surface area contributed by atoms with E-state index in [4.69, 9.17) is 0 Å². The van der Waals surface area contributed by atoms with Gasteiger partial charge in [-0.05, 0) is 37.6 Å². The van der Waals surface area contributed by atoms with Crippen molar-refractivity contribution in [3.63, 3.8) is 0 Å². The van der Waals surface area contributed by atoms with Gasteiger partial charge in [-0.2, -0.15) is 0 Å². The number of anilines is 1. The minimum absolute atomic E-state index is 0.198. The van der Waals surface area contributed by atoms with Crippen LogP contribution in [-0.2, 0) is 11.2 Å². The van der Waals surface area contributed by atoms with E-state index >= 15 is 0 Å². The topological polar surface area (TPSA) is 40.5 Å². The Morgan fingerprint density at radius 2 is 2.25 bits per heavy atom. The number of carboxylic acids is 1. The van der Waals surface area contributed by atoms with Crippen LogP contribution in [0.2, 0.25) is 0 Å². The van der Waals surface area contributed by atoms with Crippen molar-refractivity contribution < 1.29 is 9.90 Å². The van der Waals surface area contributed by atoms with Gasteiger partial charge in [0.1, 0.15) is 6.04 Å². The van der Waals surface area contributed by atoms with Crippen LogP contribution in [0.3, 0.4) is 0 Å². The van der Waals surface area contributed by atoms with Gasteiger partial charge in [-0.3, -0.25) is 0 Å². The van der Waals surface area contributed by atoms with Gasteiger partial charge < -0.3 is 10.0 Å². The number of rotatable bonds is 2. The quantitative estimate of drug-likeness (QED) is 0.907. The second-order valence-corrected chi connectivity index (χ2v) is 5.25. The maximum absolute atomic E-state index is 11.2. The molecule has 0 radical (unpaired) electrons. The van der Waals surface area contributed by atoms with Gasteiger partial charge in [0.05, 0.1) is 0 Å². The number of aliphatic carboxylic acids is 1. The smallest absolute Gasteiger partial charge is 0.326 e. The van der Waals surface area contributed by atoms with Crippen molar-refractivity contribution in [1.82, 2.24) is 0 Å². The lowest BCUT2D eigenvalue weighted by atomic mass is 10.1. The molecule has 1 N–H and O–H groups in total. The fraction of sp³-hybridized carbons (Fsp3) is 0.417. The molecule has 0 fully saturated rings. The normalized spacial score (nSPS) is 19.0. The molecule has 86 valence electrons. The highest BCUT2D eigenvalue weighted by Gasteiger charge is 2.35. The highest BCUT2D eigenvalue weighted by molar-refractivity contribution is 9.10. The van der Waals surface area contributed by atoms with Crippen LogP contribution < -0.4 is 4.90 Å². The average molecular weight is 284 g/mol. The summed E-state index contributed by atoms with van der Waals surface area (Å²) in [4.78, 5) is 13.2. The molecule has 0 aliphatic carbocycles. The molecule has 1 aromatic carbocycles. The van der Waals surface area contributed by atoms with E-state index in [0.717, 1.165) is 15.7 Å². The summed E-state index contributed by atoms with van der Waals surface area (Å²) >= 11 is 3.41. The van der Waals surface area contributed by atoms with Crippen molar-refractivity contribution in [3.05, 3.63) is 28.2 Å². The SMILES string of the molecule is CC(C)N1c2ccc(Br)cc2CC1C(=O)O. The van der Waals surface area contributed by atoms with E-state index in [-0.39, 0.29) is 6.04 Å². The standard InChI is InChI=1S/C12H14BrNO2/c1-7(2)14-10-4-3-9(13)5-8(10)6-11(14)12(15)16/h3-5,7,11H,6H2,1-2H3,(H,15,16). The molecule has 0 spiro atoms. The van der Waals surface area contributed by atoms with E-state index in [9.17, 15) is 9.90 Å². The van der Waals surface area contributed by atoms with Gasteiger partial charge in [-0.15, -0.1) is 0 Å². The molecule has 2 rings (SSSR count). The molecule has 16 heavy (non-hydrogen) atoms. The van der Waals surface area contributed by atoms with Crippen LogP contribution in [0.25, 0.3) is 0 Å². The number of hydrogen-bond acceptors (Lipinski definition) is 2. The van der Waals surface area contributed by atoms with Gasteiger partial charge in [-0.1, -0.05) is 15.9 Å². The van der Waals surface area contributed by atoms with Gasteiger partial charge >= 0.3 is 5.97 Å². The second-order valence-electron chi connectivity index (χ2n) is 4.33. The van der Waals surface area contributed by atoms with Crippen molar-refractivity contribution in [2.24, 2.45) is 0 Å². The first-order valence-corrected chi connectivity index (χ1v) is 6.09. The minimum Gasteiger partial charge on any atom is -0.480 e. The fourth-order valence-corrected chi connectivity index (χ4v) is 2.70.